The fraction of sp³-hybridized carbons (Fsp3) is 0.261. The molecule has 1 aliphatic heterocycles. The number of carboxylic acid groups (broad SMARTS) is 1. The fourth-order valence-electron chi connectivity index (χ4n) is 3.57. The summed E-state index contributed by atoms with van der Waals surface area (Å²) in [6, 6.07) is 14.0. The number of aryl methyl sites for hydroxylation is 1. The highest BCUT2D eigenvalue weighted by atomic mass is 35.5. The third-order valence-electron chi connectivity index (χ3n) is 5.38. The first-order valence-electron chi connectivity index (χ1n) is 10.2. The third kappa shape index (κ3) is 4.98. The molecule has 11 heteroatoms. The first-order valence-corrected chi connectivity index (χ1v) is 13.5. The molecule has 2 unspecified atom stereocenters. The molecule has 0 spiro atoms. The molecule has 1 fully saturated rings. The van der Waals surface area contributed by atoms with Crippen LogP contribution in [0.4, 0.5) is 0 Å². The zero-order valence-corrected chi connectivity index (χ0v) is 20.6. The van der Waals surface area contributed by atoms with Gasteiger partial charge < -0.3 is 15.3 Å². The van der Waals surface area contributed by atoms with Crippen LogP contribution in [0, 0.1) is 6.92 Å². The minimum absolute atomic E-state index is 0.0412. The number of nitrogens with one attached hydrogen (secondary N) is 1. The molecule has 0 aromatic heterocycles. The Labute approximate surface area is 206 Å². The average Bonchev–Trinajstić information content (AvgIpc) is 2.80. The predicted molar refractivity (Wildman–Crippen MR) is 130 cm³/mol. The topological polar surface area (TPSA) is 121 Å². The molecule has 0 saturated carbocycles. The van der Waals surface area contributed by atoms with Crippen LogP contribution in [0.5, 0.6) is 0 Å². The number of nitrogens with zero attached hydrogens (tertiary/aromatic N) is 1. The van der Waals surface area contributed by atoms with Crippen LogP contribution >= 0.6 is 22.4 Å². The fourth-order valence-corrected chi connectivity index (χ4v) is 8.10. The maximum Gasteiger partial charge on any atom is 0.345 e. The third-order valence-corrected chi connectivity index (χ3v) is 9.76. The molecule has 8 nitrogen and oxygen atoms in total. The van der Waals surface area contributed by atoms with Crippen LogP contribution in [0.15, 0.2) is 71.6 Å². The van der Waals surface area contributed by atoms with Crippen LogP contribution in [0.3, 0.4) is 0 Å². The van der Waals surface area contributed by atoms with Crippen molar-refractivity contribution < 1.29 is 27.9 Å². The highest BCUT2D eigenvalue weighted by Gasteiger charge is 2.59. The standard InChI is InChI=1S/C23H23ClN2O6S2/c1-15-8-6-7-11-19(15)34(31,32)33-23(22(29)30,16(2)13-24)26-14-18(21(26)28)25-20(27)12-17-9-4-3-5-10-17/h3-11,18H,2,12-14H2,1H3,(H,25,27)(H,29,30). The summed E-state index contributed by atoms with van der Waals surface area (Å²) in [6.45, 7) is 5.04. The van der Waals surface area contributed by atoms with Gasteiger partial charge in [0.05, 0.1) is 17.9 Å². The molecule has 180 valence electrons. The molecule has 1 aliphatic rings. The Bertz CT molecular complexity index is 1240. The highest BCUT2D eigenvalue weighted by molar-refractivity contribution is 8.72. The molecule has 2 amide bonds. The van der Waals surface area contributed by atoms with Gasteiger partial charge in [0.15, 0.2) is 0 Å². The minimum atomic E-state index is -4.24. The van der Waals surface area contributed by atoms with Gasteiger partial charge in [0.25, 0.3) is 0 Å². The van der Waals surface area contributed by atoms with E-state index in [1.54, 1.807) is 43.3 Å². The average molecular weight is 523 g/mol. The van der Waals surface area contributed by atoms with E-state index in [9.17, 15) is 27.9 Å². The number of hydrogen-bond acceptors (Lipinski definition) is 6. The summed E-state index contributed by atoms with van der Waals surface area (Å²) in [6.07, 6.45) is 0.0412. The van der Waals surface area contributed by atoms with Crippen molar-refractivity contribution in [3.63, 3.8) is 0 Å². The zero-order chi connectivity index (χ0) is 25.1. The van der Waals surface area contributed by atoms with Crippen molar-refractivity contribution in [1.82, 2.24) is 10.2 Å². The van der Waals surface area contributed by atoms with Gasteiger partial charge in [-0.3, -0.25) is 9.59 Å². The van der Waals surface area contributed by atoms with E-state index in [1.165, 1.54) is 12.1 Å². The molecule has 2 atom stereocenters. The van der Waals surface area contributed by atoms with Gasteiger partial charge in [-0.25, -0.2) is 13.2 Å². The molecule has 1 heterocycles. The van der Waals surface area contributed by atoms with Gasteiger partial charge in [-0.1, -0.05) is 55.1 Å². The van der Waals surface area contributed by atoms with Crippen LogP contribution in [0.25, 0.3) is 0 Å². The first kappa shape index (κ1) is 25.8. The van der Waals surface area contributed by atoms with Crippen LogP contribution in [-0.2, 0) is 29.7 Å². The van der Waals surface area contributed by atoms with Crippen molar-refractivity contribution in [2.24, 2.45) is 0 Å². The molecule has 0 radical (unpaired) electrons. The normalized spacial score (nSPS) is 17.4. The Morgan fingerprint density at radius 2 is 1.82 bits per heavy atom. The monoisotopic (exact) mass is 522 g/mol. The Balaban J connectivity index is 1.85. The molecule has 0 aliphatic carbocycles. The second kappa shape index (κ2) is 10.2. The summed E-state index contributed by atoms with van der Waals surface area (Å²) in [7, 11) is -4.14. The summed E-state index contributed by atoms with van der Waals surface area (Å²) in [5, 5.41) is 12.7. The van der Waals surface area contributed by atoms with E-state index in [1.807, 2.05) is 6.07 Å². The lowest BCUT2D eigenvalue weighted by Crippen LogP contribution is -2.72. The predicted octanol–water partition coefficient (Wildman–Crippen LogP) is 2.56. The Hall–Kier alpha value is -2.82. The summed E-state index contributed by atoms with van der Waals surface area (Å²) in [5.41, 5.74) is 0.997. The number of amides is 2. The number of rotatable bonds is 10. The van der Waals surface area contributed by atoms with Gasteiger partial charge >= 0.3 is 5.97 Å². The van der Waals surface area contributed by atoms with Gasteiger partial charge in [0.1, 0.15) is 6.04 Å². The highest BCUT2D eigenvalue weighted by Crippen LogP contribution is 2.46. The molecule has 3 rings (SSSR count). The largest absolute Gasteiger partial charge is 0.479 e. The van der Waals surface area contributed by atoms with Gasteiger partial charge in [0, 0.05) is 16.7 Å². The van der Waals surface area contributed by atoms with Crippen molar-refractivity contribution in [3.05, 3.63) is 77.9 Å². The maximum atomic E-state index is 13.2. The van der Waals surface area contributed by atoms with E-state index >= 15 is 0 Å². The maximum absolute atomic E-state index is 13.2. The van der Waals surface area contributed by atoms with Gasteiger partial charge in [-0.05, 0) is 29.7 Å². The van der Waals surface area contributed by atoms with E-state index in [4.69, 9.17) is 11.6 Å². The summed E-state index contributed by atoms with van der Waals surface area (Å²) in [5.74, 6) is -3.14. The van der Waals surface area contributed by atoms with E-state index in [-0.39, 0.29) is 34.2 Å². The number of likely N-dealkylation sites (tertiary alicyclic amines) is 1. The first-order chi connectivity index (χ1) is 16.0. The van der Waals surface area contributed by atoms with E-state index in [2.05, 4.69) is 11.9 Å². The molecule has 1 saturated heterocycles. The smallest absolute Gasteiger partial charge is 0.345 e. The van der Waals surface area contributed by atoms with Gasteiger partial charge in [-0.15, -0.1) is 11.6 Å². The Morgan fingerprint density at radius 1 is 1.21 bits per heavy atom. The number of alkyl halides is 1. The molecule has 2 N–H and O–H groups in total. The second-order valence-corrected chi connectivity index (χ2v) is 11.9. The van der Waals surface area contributed by atoms with Crippen LogP contribution in [0.1, 0.15) is 11.1 Å². The van der Waals surface area contributed by atoms with Crippen molar-refractivity contribution in [3.8, 4) is 0 Å². The number of halogens is 1. The van der Waals surface area contributed by atoms with Crippen LogP contribution in [0.2, 0.25) is 0 Å². The van der Waals surface area contributed by atoms with E-state index in [0.717, 1.165) is 10.5 Å². The number of hydrogen-bond donors (Lipinski definition) is 2. The number of carbonyl (C=O) groups is 3. The number of β-lactam (4-membered cyclic amide) rings is 1. The lowest BCUT2D eigenvalue weighted by atomic mass is 9.98. The minimum Gasteiger partial charge on any atom is -0.479 e. The molecule has 2 aromatic rings. The lowest BCUT2D eigenvalue weighted by Gasteiger charge is -2.48. The SMILES string of the molecule is C=C(CCl)C(SS(=O)(=O)c1ccccc1C)(C(=O)O)N1CC(NC(=O)Cc2ccccc2)C1=O. The van der Waals surface area contributed by atoms with Crippen molar-refractivity contribution in [2.45, 2.75) is 29.2 Å². The summed E-state index contributed by atoms with van der Waals surface area (Å²) in [4.78, 5) is 36.2. The zero-order valence-electron chi connectivity index (χ0n) is 18.2. The Morgan fingerprint density at radius 3 is 2.38 bits per heavy atom. The molecule has 0 bridgehead atoms. The van der Waals surface area contributed by atoms with Gasteiger partial charge in [-0.2, -0.15) is 0 Å². The number of carboxylic acids is 1. The van der Waals surface area contributed by atoms with Crippen molar-refractivity contribution >= 4 is 49.0 Å². The molecule has 2 aromatic carbocycles. The lowest BCUT2D eigenvalue weighted by molar-refractivity contribution is -0.160. The van der Waals surface area contributed by atoms with E-state index in [0.29, 0.717) is 5.56 Å². The molecular weight excluding hydrogens is 500 g/mol. The number of carbonyl (C=O) groups excluding carboxylic acids is 2. The quantitative estimate of drug-likeness (QED) is 0.213. The molecular formula is C23H23ClN2O6S2. The van der Waals surface area contributed by atoms with Crippen molar-refractivity contribution in [2.75, 3.05) is 12.4 Å². The second-order valence-electron chi connectivity index (χ2n) is 7.72. The summed E-state index contributed by atoms with van der Waals surface area (Å²) >= 11 is 5.89. The number of aliphatic carboxylic acids is 1. The van der Waals surface area contributed by atoms with E-state index < -0.39 is 43.4 Å². The Kier molecular flexibility index (Phi) is 7.74. The number of benzene rings is 2. The van der Waals surface area contributed by atoms with Crippen molar-refractivity contribution in [1.29, 1.82) is 0 Å². The van der Waals surface area contributed by atoms with Gasteiger partial charge in [0.2, 0.25) is 25.6 Å². The van der Waals surface area contributed by atoms with Crippen LogP contribution in [-0.4, -0.2) is 59.5 Å². The summed E-state index contributed by atoms with van der Waals surface area (Å²) < 4.78 is 26.4. The van der Waals surface area contributed by atoms with Crippen LogP contribution < -0.4 is 5.32 Å². The molecule has 34 heavy (non-hydrogen) atoms.